The lowest BCUT2D eigenvalue weighted by atomic mass is 10.2. The minimum atomic E-state index is -0.227. The molecule has 0 aliphatic carbocycles. The zero-order valence-electron chi connectivity index (χ0n) is 9.11. The molecule has 0 bridgehead atoms. The maximum atomic E-state index is 8.78. The normalized spacial score (nSPS) is 13.3. The fourth-order valence-electron chi connectivity index (χ4n) is 1.07. The molecule has 0 rings (SSSR count). The largest absolute Gasteiger partial charge is 0.393 e. The van der Waals surface area contributed by atoms with Crippen molar-refractivity contribution in [2.24, 2.45) is 0 Å². The van der Waals surface area contributed by atoms with Gasteiger partial charge in [-0.05, 0) is 12.8 Å². The average Bonchev–Trinajstić information content (AvgIpc) is 2.22. The summed E-state index contributed by atoms with van der Waals surface area (Å²) in [5.74, 6) is 0. The summed E-state index contributed by atoms with van der Waals surface area (Å²) in [6.07, 6.45) is 10.4. The van der Waals surface area contributed by atoms with E-state index in [0.29, 0.717) is 6.61 Å². The highest BCUT2D eigenvalue weighted by Gasteiger charge is 1.98. The van der Waals surface area contributed by atoms with Gasteiger partial charge in [-0.2, -0.15) is 0 Å². The molecule has 0 fully saturated rings. The molecule has 0 aromatic carbocycles. The van der Waals surface area contributed by atoms with Crippen LogP contribution in [0.15, 0.2) is 24.8 Å². The van der Waals surface area contributed by atoms with Gasteiger partial charge in [0, 0.05) is 0 Å². The summed E-state index contributed by atoms with van der Waals surface area (Å²) in [7, 11) is 0. The van der Waals surface area contributed by atoms with Crippen molar-refractivity contribution < 1.29 is 9.84 Å². The Hall–Kier alpha value is -0.600. The molecule has 0 aromatic rings. The van der Waals surface area contributed by atoms with E-state index in [4.69, 9.17) is 9.84 Å². The van der Waals surface area contributed by atoms with E-state index in [1.807, 2.05) is 6.08 Å². The molecule has 82 valence electrons. The van der Waals surface area contributed by atoms with Gasteiger partial charge in [0.05, 0.1) is 19.3 Å². The van der Waals surface area contributed by atoms with Crippen LogP contribution < -0.4 is 0 Å². The summed E-state index contributed by atoms with van der Waals surface area (Å²) >= 11 is 0. The van der Waals surface area contributed by atoms with Crippen molar-refractivity contribution in [2.75, 3.05) is 13.2 Å². The lowest BCUT2D eigenvalue weighted by Crippen LogP contribution is -2.14. The Balaban J connectivity index is 3.29. The van der Waals surface area contributed by atoms with Crippen molar-refractivity contribution in [1.29, 1.82) is 0 Å². The fourth-order valence-corrected chi connectivity index (χ4v) is 1.07. The predicted molar refractivity (Wildman–Crippen MR) is 60.3 cm³/mol. The molecule has 2 heteroatoms. The molecule has 0 spiro atoms. The SMILES string of the molecule is C=C[C@H](CO)OC/C=C/CCCCC. The van der Waals surface area contributed by atoms with Crippen LogP contribution >= 0.6 is 0 Å². The molecule has 0 saturated heterocycles. The molecule has 2 nitrogen and oxygen atoms in total. The van der Waals surface area contributed by atoms with E-state index in [1.54, 1.807) is 6.08 Å². The van der Waals surface area contributed by atoms with Crippen LogP contribution in [0.3, 0.4) is 0 Å². The molecule has 0 unspecified atom stereocenters. The third-order valence-electron chi connectivity index (χ3n) is 1.99. The highest BCUT2D eigenvalue weighted by molar-refractivity contribution is 4.84. The summed E-state index contributed by atoms with van der Waals surface area (Å²) in [4.78, 5) is 0. The Labute approximate surface area is 87.3 Å². The Morgan fingerprint density at radius 2 is 2.14 bits per heavy atom. The van der Waals surface area contributed by atoms with E-state index in [2.05, 4.69) is 19.6 Å². The first-order valence-electron chi connectivity index (χ1n) is 5.35. The third-order valence-corrected chi connectivity index (χ3v) is 1.99. The van der Waals surface area contributed by atoms with Gasteiger partial charge >= 0.3 is 0 Å². The standard InChI is InChI=1S/C12H22O2/c1-3-5-6-7-8-9-10-14-12(4-2)11-13/h4,8-9,12-13H,2-3,5-7,10-11H2,1H3/b9-8+/t12-/m1/s1. The monoisotopic (exact) mass is 198 g/mol. The smallest absolute Gasteiger partial charge is 0.0988 e. The van der Waals surface area contributed by atoms with Gasteiger partial charge in [0.2, 0.25) is 0 Å². The first-order chi connectivity index (χ1) is 6.85. The summed E-state index contributed by atoms with van der Waals surface area (Å²) in [6.45, 7) is 6.33. The van der Waals surface area contributed by atoms with Gasteiger partial charge < -0.3 is 9.84 Å². The number of aliphatic hydroxyl groups is 1. The van der Waals surface area contributed by atoms with E-state index in [0.717, 1.165) is 6.42 Å². The molecule has 0 aliphatic rings. The quantitative estimate of drug-likeness (QED) is 0.456. The highest BCUT2D eigenvalue weighted by Crippen LogP contribution is 1.99. The van der Waals surface area contributed by atoms with Crippen LogP contribution in [0, 0.1) is 0 Å². The first kappa shape index (κ1) is 13.4. The van der Waals surface area contributed by atoms with Crippen molar-refractivity contribution in [3.63, 3.8) is 0 Å². The van der Waals surface area contributed by atoms with Crippen molar-refractivity contribution in [1.82, 2.24) is 0 Å². The molecule has 0 radical (unpaired) electrons. The number of hydrogen-bond acceptors (Lipinski definition) is 2. The number of rotatable bonds is 9. The zero-order chi connectivity index (χ0) is 10.6. The zero-order valence-corrected chi connectivity index (χ0v) is 9.11. The van der Waals surface area contributed by atoms with E-state index in [-0.39, 0.29) is 12.7 Å². The van der Waals surface area contributed by atoms with Crippen LogP contribution in [0.2, 0.25) is 0 Å². The van der Waals surface area contributed by atoms with Crippen LogP contribution in [-0.4, -0.2) is 24.4 Å². The molecular weight excluding hydrogens is 176 g/mol. The van der Waals surface area contributed by atoms with Crippen LogP contribution in [0.1, 0.15) is 32.6 Å². The Kier molecular flexibility index (Phi) is 10.0. The predicted octanol–water partition coefficient (Wildman–Crippen LogP) is 2.69. The maximum Gasteiger partial charge on any atom is 0.0988 e. The molecule has 1 atom stereocenters. The number of hydrogen-bond donors (Lipinski definition) is 1. The van der Waals surface area contributed by atoms with E-state index in [9.17, 15) is 0 Å². The Bertz CT molecular complexity index is 152. The molecular formula is C12H22O2. The first-order valence-corrected chi connectivity index (χ1v) is 5.35. The maximum absolute atomic E-state index is 8.78. The van der Waals surface area contributed by atoms with Crippen LogP contribution in [-0.2, 0) is 4.74 Å². The van der Waals surface area contributed by atoms with Crippen molar-refractivity contribution in [2.45, 2.75) is 38.7 Å². The number of aliphatic hydroxyl groups excluding tert-OH is 1. The van der Waals surface area contributed by atoms with E-state index < -0.39 is 0 Å². The average molecular weight is 198 g/mol. The lowest BCUT2D eigenvalue weighted by Gasteiger charge is -2.07. The second-order valence-electron chi connectivity index (χ2n) is 3.26. The highest BCUT2D eigenvalue weighted by atomic mass is 16.5. The molecule has 0 heterocycles. The fraction of sp³-hybridized carbons (Fsp3) is 0.667. The topological polar surface area (TPSA) is 29.5 Å². The molecule has 0 aromatic heterocycles. The molecule has 14 heavy (non-hydrogen) atoms. The summed E-state index contributed by atoms with van der Waals surface area (Å²) < 4.78 is 5.29. The van der Waals surface area contributed by atoms with Gasteiger partial charge in [-0.25, -0.2) is 0 Å². The second-order valence-corrected chi connectivity index (χ2v) is 3.26. The van der Waals surface area contributed by atoms with Gasteiger partial charge in [0.15, 0.2) is 0 Å². The van der Waals surface area contributed by atoms with E-state index in [1.165, 1.54) is 19.3 Å². The van der Waals surface area contributed by atoms with Gasteiger partial charge in [-0.1, -0.05) is 38.0 Å². The molecule has 0 saturated carbocycles. The summed E-state index contributed by atoms with van der Waals surface area (Å²) in [6, 6.07) is 0. The summed E-state index contributed by atoms with van der Waals surface area (Å²) in [5, 5.41) is 8.78. The van der Waals surface area contributed by atoms with Gasteiger partial charge in [0.25, 0.3) is 0 Å². The molecule has 0 amide bonds. The summed E-state index contributed by atoms with van der Waals surface area (Å²) in [5.41, 5.74) is 0. The number of allylic oxidation sites excluding steroid dienone is 1. The number of ether oxygens (including phenoxy) is 1. The molecule has 1 N–H and O–H groups in total. The van der Waals surface area contributed by atoms with Crippen LogP contribution in [0.25, 0.3) is 0 Å². The van der Waals surface area contributed by atoms with Gasteiger partial charge in [0.1, 0.15) is 0 Å². The van der Waals surface area contributed by atoms with Crippen molar-refractivity contribution in [3.05, 3.63) is 24.8 Å². The number of unbranched alkanes of at least 4 members (excludes halogenated alkanes) is 3. The van der Waals surface area contributed by atoms with Gasteiger partial charge in [-0.3, -0.25) is 0 Å². The third kappa shape index (κ3) is 8.02. The minimum Gasteiger partial charge on any atom is -0.393 e. The minimum absolute atomic E-state index is 0.00712. The van der Waals surface area contributed by atoms with Crippen molar-refractivity contribution >= 4 is 0 Å². The Morgan fingerprint density at radius 1 is 1.36 bits per heavy atom. The lowest BCUT2D eigenvalue weighted by molar-refractivity contribution is 0.0601. The molecule has 0 aliphatic heterocycles. The van der Waals surface area contributed by atoms with Crippen molar-refractivity contribution in [3.8, 4) is 0 Å². The Morgan fingerprint density at radius 3 is 2.71 bits per heavy atom. The van der Waals surface area contributed by atoms with Gasteiger partial charge in [-0.15, -0.1) is 6.58 Å². The van der Waals surface area contributed by atoms with Crippen LogP contribution in [0.4, 0.5) is 0 Å². The second kappa shape index (κ2) is 10.5. The van der Waals surface area contributed by atoms with Crippen LogP contribution in [0.5, 0.6) is 0 Å². The van der Waals surface area contributed by atoms with E-state index >= 15 is 0 Å².